The second-order valence-electron chi connectivity index (χ2n) is 8.44. The molecule has 0 bridgehead atoms. The monoisotopic (exact) mass is 519 g/mol. The predicted octanol–water partition coefficient (Wildman–Crippen LogP) is 5.18. The third kappa shape index (κ3) is 7.04. The molecule has 0 aliphatic carbocycles. The van der Waals surface area contributed by atoms with Gasteiger partial charge in [-0.1, -0.05) is 29.7 Å². The van der Waals surface area contributed by atoms with Gasteiger partial charge in [-0.2, -0.15) is 0 Å². The SMILES string of the molecule is O=C(Nc1ccc(C#Cc2ccncc2)cc1)c1cccc(C(=O)Nc2ccc(C#Cc3ccncc3)cc2)n1. The van der Waals surface area contributed by atoms with Crippen molar-refractivity contribution >= 4 is 23.2 Å². The summed E-state index contributed by atoms with van der Waals surface area (Å²) in [5, 5.41) is 5.60. The molecule has 40 heavy (non-hydrogen) atoms. The third-order valence-electron chi connectivity index (χ3n) is 5.56. The van der Waals surface area contributed by atoms with Crippen molar-refractivity contribution in [3.63, 3.8) is 0 Å². The quantitative estimate of drug-likeness (QED) is 0.319. The first-order valence-corrected chi connectivity index (χ1v) is 12.3. The number of hydrogen-bond acceptors (Lipinski definition) is 5. The van der Waals surface area contributed by atoms with Crippen molar-refractivity contribution in [1.82, 2.24) is 15.0 Å². The minimum atomic E-state index is -0.428. The lowest BCUT2D eigenvalue weighted by Crippen LogP contribution is -2.18. The second-order valence-corrected chi connectivity index (χ2v) is 8.44. The highest BCUT2D eigenvalue weighted by molar-refractivity contribution is 6.06. The van der Waals surface area contributed by atoms with Crippen LogP contribution in [0.5, 0.6) is 0 Å². The van der Waals surface area contributed by atoms with E-state index in [2.05, 4.69) is 49.3 Å². The van der Waals surface area contributed by atoms with E-state index in [1.165, 1.54) is 0 Å². The molecule has 2 aromatic carbocycles. The highest BCUT2D eigenvalue weighted by Gasteiger charge is 2.13. The summed E-state index contributed by atoms with van der Waals surface area (Å²) in [6, 6.07) is 26.4. The molecular formula is C33H21N5O2. The van der Waals surface area contributed by atoms with E-state index in [1.807, 2.05) is 48.5 Å². The number of nitrogens with one attached hydrogen (secondary N) is 2. The van der Waals surface area contributed by atoms with Crippen molar-refractivity contribution in [2.24, 2.45) is 0 Å². The number of benzene rings is 2. The van der Waals surface area contributed by atoms with Gasteiger partial charge in [0.25, 0.3) is 11.8 Å². The van der Waals surface area contributed by atoms with Crippen molar-refractivity contribution in [3.8, 4) is 23.7 Å². The molecule has 0 radical (unpaired) electrons. The largest absolute Gasteiger partial charge is 0.321 e. The van der Waals surface area contributed by atoms with Crippen molar-refractivity contribution in [1.29, 1.82) is 0 Å². The maximum absolute atomic E-state index is 12.8. The molecule has 0 fully saturated rings. The zero-order valence-corrected chi connectivity index (χ0v) is 21.1. The van der Waals surface area contributed by atoms with Crippen molar-refractivity contribution in [3.05, 3.63) is 149 Å². The first-order valence-electron chi connectivity index (χ1n) is 12.3. The molecule has 0 unspecified atom stereocenters. The van der Waals surface area contributed by atoms with Gasteiger partial charge in [-0.05, 0) is 84.9 Å². The van der Waals surface area contributed by atoms with Crippen molar-refractivity contribution < 1.29 is 9.59 Å². The summed E-state index contributed by atoms with van der Waals surface area (Å²) in [6.45, 7) is 0. The van der Waals surface area contributed by atoms with Gasteiger partial charge < -0.3 is 10.6 Å². The van der Waals surface area contributed by atoms with E-state index in [0.717, 1.165) is 22.3 Å². The fraction of sp³-hybridized carbons (Fsp3) is 0. The molecule has 5 rings (SSSR count). The lowest BCUT2D eigenvalue weighted by Gasteiger charge is -2.08. The summed E-state index contributed by atoms with van der Waals surface area (Å²) in [6.07, 6.45) is 6.76. The van der Waals surface area contributed by atoms with Crippen LogP contribution < -0.4 is 10.6 Å². The van der Waals surface area contributed by atoms with Gasteiger partial charge in [0.1, 0.15) is 11.4 Å². The summed E-state index contributed by atoms with van der Waals surface area (Å²) in [4.78, 5) is 37.8. The first-order chi connectivity index (χ1) is 19.6. The van der Waals surface area contributed by atoms with Crippen LogP contribution >= 0.6 is 0 Å². The molecule has 190 valence electrons. The van der Waals surface area contributed by atoms with Crippen LogP contribution in [0.15, 0.2) is 116 Å². The number of carbonyl (C=O) groups excluding carboxylic acids is 2. The van der Waals surface area contributed by atoms with Gasteiger partial charge in [0, 0.05) is 58.4 Å². The molecule has 0 aliphatic rings. The van der Waals surface area contributed by atoms with Crippen LogP contribution in [0.4, 0.5) is 11.4 Å². The maximum atomic E-state index is 12.8. The average molecular weight is 520 g/mol. The zero-order chi connectivity index (χ0) is 27.6. The van der Waals surface area contributed by atoms with Gasteiger partial charge in [-0.3, -0.25) is 19.6 Å². The van der Waals surface area contributed by atoms with E-state index in [4.69, 9.17) is 0 Å². The Balaban J connectivity index is 1.19. The fourth-order valence-corrected chi connectivity index (χ4v) is 3.51. The van der Waals surface area contributed by atoms with Crippen LogP contribution in [-0.2, 0) is 0 Å². The van der Waals surface area contributed by atoms with E-state index in [0.29, 0.717) is 11.4 Å². The number of rotatable bonds is 4. The summed E-state index contributed by atoms with van der Waals surface area (Å²) >= 11 is 0. The zero-order valence-electron chi connectivity index (χ0n) is 21.1. The van der Waals surface area contributed by atoms with Gasteiger partial charge in [-0.15, -0.1) is 0 Å². The highest BCUT2D eigenvalue weighted by Crippen LogP contribution is 2.13. The first kappa shape index (κ1) is 25.6. The van der Waals surface area contributed by atoms with Gasteiger partial charge in [0.05, 0.1) is 0 Å². The van der Waals surface area contributed by atoms with E-state index in [1.54, 1.807) is 67.3 Å². The Labute approximate surface area is 231 Å². The van der Waals surface area contributed by atoms with E-state index in [-0.39, 0.29) is 11.4 Å². The van der Waals surface area contributed by atoms with Gasteiger partial charge >= 0.3 is 0 Å². The molecule has 2 amide bonds. The Hall–Kier alpha value is -6.05. The van der Waals surface area contributed by atoms with Crippen molar-refractivity contribution in [2.75, 3.05) is 10.6 Å². The highest BCUT2D eigenvalue weighted by atomic mass is 16.2. The van der Waals surface area contributed by atoms with E-state index >= 15 is 0 Å². The van der Waals surface area contributed by atoms with Crippen LogP contribution in [0.2, 0.25) is 0 Å². The number of amides is 2. The normalized spacial score (nSPS) is 9.80. The molecule has 7 heteroatoms. The maximum Gasteiger partial charge on any atom is 0.274 e. The van der Waals surface area contributed by atoms with Crippen molar-refractivity contribution in [2.45, 2.75) is 0 Å². The Morgan fingerprint density at radius 1 is 0.475 bits per heavy atom. The Kier molecular flexibility index (Phi) is 7.97. The number of nitrogens with zero attached hydrogens (tertiary/aromatic N) is 3. The second kappa shape index (κ2) is 12.5. The fourth-order valence-electron chi connectivity index (χ4n) is 3.51. The molecule has 0 saturated carbocycles. The average Bonchev–Trinajstić information content (AvgIpc) is 3.01. The Bertz CT molecular complexity index is 1630. The van der Waals surface area contributed by atoms with Gasteiger partial charge in [0.15, 0.2) is 0 Å². The lowest BCUT2D eigenvalue weighted by molar-refractivity contribution is 0.101. The van der Waals surface area contributed by atoms with Gasteiger partial charge in [0.2, 0.25) is 0 Å². The Morgan fingerprint density at radius 3 is 1.20 bits per heavy atom. The molecule has 0 saturated heterocycles. The molecule has 3 heterocycles. The standard InChI is InChI=1S/C33H21N5O2/c39-32(36-28-12-8-24(9-13-28)4-6-26-16-20-34-21-17-26)30-2-1-3-31(38-30)33(40)37-29-14-10-25(11-15-29)5-7-27-18-22-35-23-19-27/h1-3,8-23H,(H,36,39)(H,37,40). The molecular weight excluding hydrogens is 498 g/mol. The lowest BCUT2D eigenvalue weighted by atomic mass is 10.2. The minimum Gasteiger partial charge on any atom is -0.321 e. The van der Waals surface area contributed by atoms with Gasteiger partial charge in [-0.25, -0.2) is 4.98 Å². The number of pyridine rings is 3. The molecule has 0 aliphatic heterocycles. The van der Waals surface area contributed by atoms with E-state index in [9.17, 15) is 9.59 Å². The van der Waals surface area contributed by atoms with Crippen LogP contribution in [0.1, 0.15) is 43.2 Å². The minimum absolute atomic E-state index is 0.121. The molecule has 0 spiro atoms. The number of carbonyl (C=O) groups is 2. The van der Waals surface area contributed by atoms with Crippen LogP contribution in [0.25, 0.3) is 0 Å². The predicted molar refractivity (Wildman–Crippen MR) is 153 cm³/mol. The van der Waals surface area contributed by atoms with Crippen LogP contribution in [0, 0.1) is 23.7 Å². The summed E-state index contributed by atoms with van der Waals surface area (Å²) < 4.78 is 0. The van der Waals surface area contributed by atoms with E-state index < -0.39 is 11.8 Å². The number of aromatic nitrogens is 3. The molecule has 5 aromatic rings. The molecule has 3 aromatic heterocycles. The molecule has 0 atom stereocenters. The summed E-state index contributed by atoms with van der Waals surface area (Å²) in [5.74, 6) is 11.4. The number of anilines is 2. The topological polar surface area (TPSA) is 96.9 Å². The van der Waals surface area contributed by atoms with Crippen LogP contribution in [-0.4, -0.2) is 26.8 Å². The third-order valence-corrected chi connectivity index (χ3v) is 5.56. The van der Waals surface area contributed by atoms with Crippen LogP contribution in [0.3, 0.4) is 0 Å². The molecule has 7 nitrogen and oxygen atoms in total. The molecule has 2 N–H and O–H groups in total. The Morgan fingerprint density at radius 2 is 0.825 bits per heavy atom. The summed E-state index contributed by atoms with van der Waals surface area (Å²) in [5.41, 5.74) is 4.76. The number of hydrogen-bond donors (Lipinski definition) is 2. The smallest absolute Gasteiger partial charge is 0.274 e. The summed E-state index contributed by atoms with van der Waals surface area (Å²) in [7, 11) is 0.